The second-order valence-electron chi connectivity index (χ2n) is 2.91. The minimum Gasteiger partial charge on any atom is -0.469 e. The van der Waals surface area contributed by atoms with Gasteiger partial charge in [-0.3, -0.25) is 4.79 Å². The lowest BCUT2D eigenvalue weighted by atomic mass is 10.0. The predicted octanol–water partition coefficient (Wildman–Crippen LogP) is 3.27. The van der Waals surface area contributed by atoms with Crippen LogP contribution in [-0.2, 0) is 9.53 Å². The first-order valence-corrected chi connectivity index (χ1v) is 4.84. The molecule has 1 unspecified atom stereocenters. The van der Waals surface area contributed by atoms with Crippen LogP contribution >= 0.6 is 23.2 Å². The Morgan fingerprint density at radius 2 is 2.07 bits per heavy atom. The van der Waals surface area contributed by atoms with Gasteiger partial charge in [0.25, 0.3) is 0 Å². The highest BCUT2D eigenvalue weighted by Gasteiger charge is 2.18. The summed E-state index contributed by atoms with van der Waals surface area (Å²) in [4.78, 5) is 11.2. The predicted molar refractivity (Wildman–Crippen MR) is 56.9 cm³/mol. The Kier molecular flexibility index (Phi) is 3.78. The van der Waals surface area contributed by atoms with Gasteiger partial charge in [-0.1, -0.05) is 29.3 Å². The van der Waals surface area contributed by atoms with E-state index in [4.69, 9.17) is 23.2 Å². The summed E-state index contributed by atoms with van der Waals surface area (Å²) >= 11 is 11.7. The Bertz CT molecular complexity index is 350. The molecule has 0 saturated heterocycles. The number of carbonyl (C=O) groups excluding carboxylic acids is 1. The Labute approximate surface area is 92.8 Å². The van der Waals surface area contributed by atoms with Gasteiger partial charge in [0.15, 0.2) is 0 Å². The van der Waals surface area contributed by atoms with Gasteiger partial charge in [-0.05, 0) is 24.6 Å². The fraction of sp³-hybridized carbons (Fsp3) is 0.300. The highest BCUT2D eigenvalue weighted by molar-refractivity contribution is 6.35. The first-order chi connectivity index (χ1) is 6.56. The van der Waals surface area contributed by atoms with E-state index in [0.717, 1.165) is 5.56 Å². The van der Waals surface area contributed by atoms with Gasteiger partial charge >= 0.3 is 5.97 Å². The number of esters is 1. The molecule has 0 bridgehead atoms. The van der Waals surface area contributed by atoms with E-state index in [0.29, 0.717) is 10.0 Å². The summed E-state index contributed by atoms with van der Waals surface area (Å²) in [7, 11) is 1.35. The summed E-state index contributed by atoms with van der Waals surface area (Å²) in [5.41, 5.74) is 0.725. The molecule has 1 atom stereocenters. The zero-order valence-electron chi connectivity index (χ0n) is 7.88. The molecule has 1 aromatic carbocycles. The van der Waals surface area contributed by atoms with Gasteiger partial charge in [-0.25, -0.2) is 0 Å². The molecule has 0 saturated carbocycles. The molecule has 0 aliphatic heterocycles. The largest absolute Gasteiger partial charge is 0.469 e. The minimum absolute atomic E-state index is 0.311. The molecule has 0 N–H and O–H groups in total. The van der Waals surface area contributed by atoms with E-state index in [1.54, 1.807) is 25.1 Å². The van der Waals surface area contributed by atoms with Gasteiger partial charge in [-0.2, -0.15) is 0 Å². The van der Waals surface area contributed by atoms with Crippen LogP contribution in [0.2, 0.25) is 10.0 Å². The van der Waals surface area contributed by atoms with E-state index in [1.165, 1.54) is 7.11 Å². The molecule has 4 heteroatoms. The zero-order valence-corrected chi connectivity index (χ0v) is 9.39. The van der Waals surface area contributed by atoms with Crippen molar-refractivity contribution in [3.63, 3.8) is 0 Å². The molecule has 0 aromatic heterocycles. The van der Waals surface area contributed by atoms with E-state index < -0.39 is 0 Å². The third-order valence-electron chi connectivity index (χ3n) is 1.98. The number of hydrogen-bond acceptors (Lipinski definition) is 2. The molecule has 2 nitrogen and oxygen atoms in total. The molecule has 0 fully saturated rings. The number of benzene rings is 1. The number of carbonyl (C=O) groups is 1. The van der Waals surface area contributed by atoms with Crippen molar-refractivity contribution in [3.8, 4) is 0 Å². The molecule has 14 heavy (non-hydrogen) atoms. The fourth-order valence-electron chi connectivity index (χ4n) is 1.16. The molecule has 1 aromatic rings. The highest BCUT2D eigenvalue weighted by Crippen LogP contribution is 2.27. The van der Waals surface area contributed by atoms with Crippen LogP contribution in [0.1, 0.15) is 18.4 Å². The van der Waals surface area contributed by atoms with Gasteiger partial charge in [0.2, 0.25) is 0 Å². The number of ether oxygens (including phenoxy) is 1. The van der Waals surface area contributed by atoms with Crippen molar-refractivity contribution in [1.29, 1.82) is 0 Å². The quantitative estimate of drug-likeness (QED) is 0.732. The fourth-order valence-corrected chi connectivity index (χ4v) is 1.73. The van der Waals surface area contributed by atoms with Crippen molar-refractivity contribution in [2.75, 3.05) is 7.11 Å². The Morgan fingerprint density at radius 1 is 1.43 bits per heavy atom. The summed E-state index contributed by atoms with van der Waals surface area (Å²) in [6.45, 7) is 1.74. The van der Waals surface area contributed by atoms with Crippen molar-refractivity contribution < 1.29 is 9.53 Å². The molecular formula is C10H10Cl2O2. The van der Waals surface area contributed by atoms with Crippen molar-refractivity contribution in [2.24, 2.45) is 0 Å². The number of halogens is 2. The standard InChI is InChI=1S/C10H10Cl2O2/c1-6(10(13)14-2)8-4-3-7(11)5-9(8)12/h3-6H,1-2H3. The molecule has 0 aliphatic carbocycles. The average Bonchev–Trinajstić information content (AvgIpc) is 2.15. The monoisotopic (exact) mass is 232 g/mol. The zero-order chi connectivity index (χ0) is 10.7. The third kappa shape index (κ3) is 2.40. The van der Waals surface area contributed by atoms with Gasteiger partial charge < -0.3 is 4.74 Å². The van der Waals surface area contributed by atoms with Crippen LogP contribution in [0, 0.1) is 0 Å². The lowest BCUT2D eigenvalue weighted by Gasteiger charge is -2.11. The molecule has 0 amide bonds. The van der Waals surface area contributed by atoms with E-state index >= 15 is 0 Å². The maximum Gasteiger partial charge on any atom is 0.312 e. The summed E-state index contributed by atoms with van der Waals surface area (Å²) in [6, 6.07) is 5.03. The van der Waals surface area contributed by atoms with Gasteiger partial charge in [-0.15, -0.1) is 0 Å². The third-order valence-corrected chi connectivity index (χ3v) is 2.55. The molecule has 0 heterocycles. The Hall–Kier alpha value is -0.730. The van der Waals surface area contributed by atoms with Gasteiger partial charge in [0.1, 0.15) is 0 Å². The van der Waals surface area contributed by atoms with Crippen LogP contribution in [0.25, 0.3) is 0 Å². The van der Waals surface area contributed by atoms with Crippen molar-refractivity contribution in [2.45, 2.75) is 12.8 Å². The van der Waals surface area contributed by atoms with Crippen LogP contribution in [0.5, 0.6) is 0 Å². The van der Waals surface area contributed by atoms with E-state index in [-0.39, 0.29) is 11.9 Å². The number of hydrogen-bond donors (Lipinski definition) is 0. The van der Waals surface area contributed by atoms with Crippen molar-refractivity contribution in [3.05, 3.63) is 33.8 Å². The van der Waals surface area contributed by atoms with Crippen LogP contribution < -0.4 is 0 Å². The molecule has 1 rings (SSSR count). The van der Waals surface area contributed by atoms with Crippen molar-refractivity contribution in [1.82, 2.24) is 0 Å². The minimum atomic E-state index is -0.371. The summed E-state index contributed by atoms with van der Waals surface area (Å²) in [6.07, 6.45) is 0. The van der Waals surface area contributed by atoms with Gasteiger partial charge in [0.05, 0.1) is 13.0 Å². The Balaban J connectivity index is 3.01. The lowest BCUT2D eigenvalue weighted by Crippen LogP contribution is -2.11. The van der Waals surface area contributed by atoms with Crippen LogP contribution in [0.15, 0.2) is 18.2 Å². The summed E-state index contributed by atoms with van der Waals surface area (Å²) in [5, 5.41) is 1.03. The maximum atomic E-state index is 11.2. The SMILES string of the molecule is COC(=O)C(C)c1ccc(Cl)cc1Cl. The molecule has 76 valence electrons. The van der Waals surface area contributed by atoms with Crippen LogP contribution in [0.4, 0.5) is 0 Å². The van der Waals surface area contributed by atoms with Gasteiger partial charge in [0, 0.05) is 10.0 Å². The molecule has 0 spiro atoms. The summed E-state index contributed by atoms with van der Waals surface area (Å²) < 4.78 is 4.62. The van der Waals surface area contributed by atoms with Crippen LogP contribution in [-0.4, -0.2) is 13.1 Å². The van der Waals surface area contributed by atoms with Crippen molar-refractivity contribution >= 4 is 29.2 Å². The number of rotatable bonds is 2. The topological polar surface area (TPSA) is 26.3 Å². The smallest absolute Gasteiger partial charge is 0.312 e. The maximum absolute atomic E-state index is 11.2. The average molecular weight is 233 g/mol. The Morgan fingerprint density at radius 3 is 2.57 bits per heavy atom. The molecule has 0 radical (unpaired) electrons. The van der Waals surface area contributed by atoms with E-state index in [1.807, 2.05) is 0 Å². The molecule has 0 aliphatic rings. The lowest BCUT2D eigenvalue weighted by molar-refractivity contribution is -0.141. The van der Waals surface area contributed by atoms with E-state index in [9.17, 15) is 4.79 Å². The first kappa shape index (κ1) is 11.3. The first-order valence-electron chi connectivity index (χ1n) is 4.09. The number of methoxy groups -OCH3 is 1. The second-order valence-corrected chi connectivity index (χ2v) is 3.75. The second kappa shape index (κ2) is 4.67. The normalized spacial score (nSPS) is 12.3. The van der Waals surface area contributed by atoms with E-state index in [2.05, 4.69) is 4.74 Å². The summed E-state index contributed by atoms with van der Waals surface area (Å²) in [5.74, 6) is -0.681. The van der Waals surface area contributed by atoms with Crippen LogP contribution in [0.3, 0.4) is 0 Å². The highest BCUT2D eigenvalue weighted by atomic mass is 35.5. The molecular weight excluding hydrogens is 223 g/mol.